The lowest BCUT2D eigenvalue weighted by molar-refractivity contribution is 0.00578. The number of hydrogen-bond donors (Lipinski definition) is 0. The van der Waals surface area contributed by atoms with Gasteiger partial charge >= 0.3 is 7.12 Å². The summed E-state index contributed by atoms with van der Waals surface area (Å²) in [5.74, 6) is 0.136. The fourth-order valence-electron chi connectivity index (χ4n) is 2.91. The molecule has 1 saturated carbocycles. The second kappa shape index (κ2) is 5.46. The standard InChI is InChI=1S/C17H21BBrFO2/c1-16(2)17(3,4)22-18(21-16)15(20)14-9-8-13(14)11-6-5-7-12(19)10-11/h5-7,10,13H,8-9H2,1-4H3. The van der Waals surface area contributed by atoms with E-state index in [1.54, 1.807) is 0 Å². The molecule has 0 radical (unpaired) electrons. The monoisotopic (exact) mass is 366 g/mol. The van der Waals surface area contributed by atoms with Gasteiger partial charge in [0.2, 0.25) is 0 Å². The van der Waals surface area contributed by atoms with Crippen LogP contribution in [0.5, 0.6) is 0 Å². The predicted molar refractivity (Wildman–Crippen MR) is 90.3 cm³/mol. The van der Waals surface area contributed by atoms with Gasteiger partial charge in [-0.05, 0) is 63.8 Å². The number of benzene rings is 1. The Morgan fingerprint density at radius 3 is 2.36 bits per heavy atom. The van der Waals surface area contributed by atoms with Gasteiger partial charge < -0.3 is 9.31 Å². The molecule has 1 unspecified atom stereocenters. The van der Waals surface area contributed by atoms with Crippen molar-refractivity contribution in [2.45, 2.75) is 57.7 Å². The molecule has 3 rings (SSSR count). The lowest BCUT2D eigenvalue weighted by Crippen LogP contribution is -2.41. The maximum absolute atomic E-state index is 14.9. The lowest BCUT2D eigenvalue weighted by atomic mass is 9.69. The summed E-state index contributed by atoms with van der Waals surface area (Å²) in [4.78, 5) is 0. The summed E-state index contributed by atoms with van der Waals surface area (Å²) in [6.07, 6.45) is 1.74. The van der Waals surface area contributed by atoms with Gasteiger partial charge in [-0.3, -0.25) is 0 Å². The van der Waals surface area contributed by atoms with Crippen molar-refractivity contribution in [1.82, 2.24) is 0 Å². The second-order valence-electron chi connectivity index (χ2n) is 7.11. The molecule has 2 nitrogen and oxygen atoms in total. The molecular weight excluding hydrogens is 346 g/mol. The summed E-state index contributed by atoms with van der Waals surface area (Å²) in [6.45, 7) is 7.77. The number of halogens is 2. The predicted octanol–water partition coefficient (Wildman–Crippen LogP) is 5.18. The van der Waals surface area contributed by atoms with E-state index in [-0.39, 0.29) is 11.6 Å². The fourth-order valence-corrected chi connectivity index (χ4v) is 3.32. The van der Waals surface area contributed by atoms with Crippen LogP contribution in [0.1, 0.15) is 52.0 Å². The minimum absolute atomic E-state index is 0.136. The molecule has 1 aromatic rings. The maximum Gasteiger partial charge on any atom is 0.525 e. The van der Waals surface area contributed by atoms with Crippen molar-refractivity contribution in [1.29, 1.82) is 0 Å². The van der Waals surface area contributed by atoms with Gasteiger partial charge in [0.1, 0.15) is 5.73 Å². The van der Waals surface area contributed by atoms with Gasteiger partial charge in [-0.2, -0.15) is 0 Å². The van der Waals surface area contributed by atoms with E-state index in [2.05, 4.69) is 22.0 Å². The molecule has 1 atom stereocenters. The van der Waals surface area contributed by atoms with E-state index in [1.165, 1.54) is 0 Å². The van der Waals surface area contributed by atoms with Gasteiger partial charge in [0.05, 0.1) is 11.2 Å². The van der Waals surface area contributed by atoms with E-state index in [0.29, 0.717) is 0 Å². The van der Waals surface area contributed by atoms with Crippen molar-refractivity contribution in [3.05, 3.63) is 45.6 Å². The van der Waals surface area contributed by atoms with E-state index < -0.39 is 18.3 Å². The van der Waals surface area contributed by atoms with Crippen molar-refractivity contribution in [2.75, 3.05) is 0 Å². The van der Waals surface area contributed by atoms with Crippen molar-refractivity contribution in [2.24, 2.45) is 0 Å². The van der Waals surface area contributed by atoms with Crippen LogP contribution < -0.4 is 0 Å². The van der Waals surface area contributed by atoms with Gasteiger partial charge in [-0.25, -0.2) is 4.39 Å². The molecule has 0 aromatic heterocycles. The number of hydrogen-bond acceptors (Lipinski definition) is 2. The zero-order valence-corrected chi connectivity index (χ0v) is 15.0. The minimum Gasteiger partial charge on any atom is -0.398 e. The molecule has 2 fully saturated rings. The number of rotatable bonds is 2. The van der Waals surface area contributed by atoms with Crippen LogP contribution >= 0.6 is 15.9 Å². The average Bonchev–Trinajstić information content (AvgIpc) is 2.57. The minimum atomic E-state index is -0.880. The molecule has 0 bridgehead atoms. The molecule has 1 saturated heterocycles. The largest absolute Gasteiger partial charge is 0.525 e. The van der Waals surface area contributed by atoms with Gasteiger partial charge in [-0.15, -0.1) is 0 Å². The first-order valence-corrected chi connectivity index (χ1v) is 8.50. The first-order chi connectivity index (χ1) is 10.2. The summed E-state index contributed by atoms with van der Waals surface area (Å²) in [5.41, 5.74) is 0.698. The van der Waals surface area contributed by atoms with Crippen LogP contribution in [0.3, 0.4) is 0 Å². The molecule has 1 heterocycles. The van der Waals surface area contributed by atoms with E-state index >= 15 is 0 Å². The quantitative estimate of drug-likeness (QED) is 0.671. The van der Waals surface area contributed by atoms with E-state index in [9.17, 15) is 4.39 Å². The Kier molecular flexibility index (Phi) is 4.03. The SMILES string of the molecule is CC1(C)OB(C(F)=C2CCC2c2cccc(Br)c2)OC1(C)C. The normalized spacial score (nSPS) is 28.5. The Bertz CT molecular complexity index is 611. The van der Waals surface area contributed by atoms with Gasteiger partial charge in [0.25, 0.3) is 0 Å². The molecule has 1 aliphatic heterocycles. The van der Waals surface area contributed by atoms with Gasteiger partial charge in [0.15, 0.2) is 0 Å². The maximum atomic E-state index is 14.9. The molecule has 1 aromatic carbocycles. The van der Waals surface area contributed by atoms with Crippen LogP contribution in [0.15, 0.2) is 40.0 Å². The molecule has 22 heavy (non-hydrogen) atoms. The molecular formula is C17H21BBrFO2. The molecule has 2 aliphatic rings. The summed E-state index contributed by atoms with van der Waals surface area (Å²) < 4.78 is 27.6. The molecule has 118 valence electrons. The zero-order valence-electron chi connectivity index (χ0n) is 13.5. The summed E-state index contributed by atoms with van der Waals surface area (Å²) in [6, 6.07) is 8.08. The highest BCUT2D eigenvalue weighted by molar-refractivity contribution is 9.10. The molecule has 0 amide bonds. The van der Waals surface area contributed by atoms with Crippen LogP contribution in [-0.4, -0.2) is 18.3 Å². The topological polar surface area (TPSA) is 18.5 Å². The van der Waals surface area contributed by atoms with Crippen molar-refractivity contribution < 1.29 is 13.7 Å². The first kappa shape index (κ1) is 16.2. The Hall–Kier alpha value is -0.645. The van der Waals surface area contributed by atoms with Crippen molar-refractivity contribution in [3.63, 3.8) is 0 Å². The van der Waals surface area contributed by atoms with Crippen molar-refractivity contribution in [3.8, 4) is 0 Å². The third kappa shape index (κ3) is 2.68. The summed E-state index contributed by atoms with van der Waals surface area (Å²) >= 11 is 3.48. The van der Waals surface area contributed by atoms with E-state index in [1.807, 2.05) is 45.9 Å². The van der Waals surface area contributed by atoms with Crippen LogP contribution in [0.2, 0.25) is 0 Å². The van der Waals surface area contributed by atoms with E-state index in [4.69, 9.17) is 9.31 Å². The highest BCUT2D eigenvalue weighted by Gasteiger charge is 2.54. The first-order valence-electron chi connectivity index (χ1n) is 7.71. The summed E-state index contributed by atoms with van der Waals surface area (Å²) in [7, 11) is -0.880. The summed E-state index contributed by atoms with van der Waals surface area (Å²) in [5, 5.41) is 0. The molecule has 1 aliphatic carbocycles. The van der Waals surface area contributed by atoms with E-state index in [0.717, 1.165) is 28.5 Å². The van der Waals surface area contributed by atoms with Crippen LogP contribution in [0.25, 0.3) is 0 Å². The van der Waals surface area contributed by atoms with Gasteiger partial charge in [0, 0.05) is 10.4 Å². The van der Waals surface area contributed by atoms with Crippen molar-refractivity contribution >= 4 is 23.0 Å². The highest BCUT2D eigenvalue weighted by Crippen LogP contribution is 2.47. The third-order valence-corrected chi connectivity index (χ3v) is 5.63. The van der Waals surface area contributed by atoms with Crippen LogP contribution in [0.4, 0.5) is 4.39 Å². The fraction of sp³-hybridized carbons (Fsp3) is 0.529. The Morgan fingerprint density at radius 1 is 1.23 bits per heavy atom. The Morgan fingerprint density at radius 2 is 1.86 bits per heavy atom. The lowest BCUT2D eigenvalue weighted by Gasteiger charge is -2.32. The number of allylic oxidation sites excluding steroid dienone is 1. The Labute approximate surface area is 140 Å². The third-order valence-electron chi connectivity index (χ3n) is 5.14. The molecule has 5 heteroatoms. The smallest absolute Gasteiger partial charge is 0.398 e. The zero-order chi connectivity index (χ0) is 16.1. The van der Waals surface area contributed by atoms with Crippen LogP contribution in [0, 0.1) is 0 Å². The highest BCUT2D eigenvalue weighted by atomic mass is 79.9. The average molecular weight is 367 g/mol. The molecule has 0 N–H and O–H groups in total. The molecule has 0 spiro atoms. The van der Waals surface area contributed by atoms with Crippen LogP contribution in [-0.2, 0) is 9.31 Å². The second-order valence-corrected chi connectivity index (χ2v) is 8.02. The van der Waals surface area contributed by atoms with Gasteiger partial charge in [-0.1, -0.05) is 28.1 Å². The Balaban J connectivity index is 1.85.